The molecule has 1 aromatic heterocycles. The first-order valence-corrected chi connectivity index (χ1v) is 8.37. The summed E-state index contributed by atoms with van der Waals surface area (Å²) in [6, 6.07) is 11.8. The average molecular weight is 384 g/mol. The van der Waals surface area contributed by atoms with Crippen LogP contribution in [0.2, 0.25) is 0 Å². The number of ether oxygens (including phenoxy) is 1. The van der Waals surface area contributed by atoms with Crippen LogP contribution in [0.25, 0.3) is 0 Å². The van der Waals surface area contributed by atoms with Gasteiger partial charge in [0.15, 0.2) is 5.76 Å². The molecule has 0 saturated heterocycles. The number of anilines is 1. The number of hydrogen-bond donors (Lipinski definition) is 1. The van der Waals surface area contributed by atoms with Gasteiger partial charge in [0.2, 0.25) is 0 Å². The third kappa shape index (κ3) is 4.35. The fourth-order valence-electron chi connectivity index (χ4n) is 2.57. The van der Waals surface area contributed by atoms with E-state index in [-0.39, 0.29) is 23.7 Å². The maximum Gasteiger partial charge on any atom is 0.291 e. The second kappa shape index (κ2) is 7.91. The quantitative estimate of drug-likeness (QED) is 0.488. The van der Waals surface area contributed by atoms with Crippen LogP contribution in [0.4, 0.5) is 15.8 Å². The maximum absolute atomic E-state index is 13.8. The normalized spacial score (nSPS) is 10.5. The van der Waals surface area contributed by atoms with Crippen molar-refractivity contribution < 1.29 is 23.3 Å². The van der Waals surface area contributed by atoms with Gasteiger partial charge in [-0.05, 0) is 55.8 Å². The summed E-state index contributed by atoms with van der Waals surface area (Å²) in [5.41, 5.74) is 1.36. The standard InChI is InChI=1S/C20H17FN2O5/c1-12-3-6-16(21)17(9-12)22-20(24)19-8-5-15(28-19)11-27-14-4-7-18(23(25)26)13(2)10-14/h3-10H,11H2,1-2H3,(H,22,24). The number of rotatable bonds is 6. The summed E-state index contributed by atoms with van der Waals surface area (Å²) in [6.45, 7) is 3.44. The van der Waals surface area contributed by atoms with Gasteiger partial charge in [0.1, 0.15) is 23.9 Å². The van der Waals surface area contributed by atoms with E-state index in [4.69, 9.17) is 9.15 Å². The number of nitro groups is 1. The fraction of sp³-hybridized carbons (Fsp3) is 0.150. The van der Waals surface area contributed by atoms with Gasteiger partial charge in [-0.15, -0.1) is 0 Å². The van der Waals surface area contributed by atoms with E-state index in [1.54, 1.807) is 32.0 Å². The molecule has 3 rings (SSSR count). The van der Waals surface area contributed by atoms with Crippen molar-refractivity contribution in [1.82, 2.24) is 0 Å². The SMILES string of the molecule is Cc1ccc(F)c(NC(=O)c2ccc(COc3ccc([N+](=O)[O-])c(C)c3)o2)c1. The maximum atomic E-state index is 13.8. The molecular formula is C20H17FN2O5. The van der Waals surface area contributed by atoms with Crippen molar-refractivity contribution in [1.29, 1.82) is 0 Å². The van der Waals surface area contributed by atoms with Gasteiger partial charge >= 0.3 is 0 Å². The van der Waals surface area contributed by atoms with Gasteiger partial charge in [0.05, 0.1) is 10.6 Å². The highest BCUT2D eigenvalue weighted by molar-refractivity contribution is 6.02. The molecule has 0 aliphatic carbocycles. The van der Waals surface area contributed by atoms with Gasteiger partial charge in [0.25, 0.3) is 11.6 Å². The third-order valence-electron chi connectivity index (χ3n) is 4.00. The number of benzene rings is 2. The van der Waals surface area contributed by atoms with Crippen LogP contribution in [0.1, 0.15) is 27.4 Å². The van der Waals surface area contributed by atoms with Crippen LogP contribution in [-0.2, 0) is 6.61 Å². The van der Waals surface area contributed by atoms with Gasteiger partial charge in [-0.2, -0.15) is 0 Å². The zero-order chi connectivity index (χ0) is 20.3. The number of hydrogen-bond acceptors (Lipinski definition) is 5. The van der Waals surface area contributed by atoms with Crippen molar-refractivity contribution >= 4 is 17.3 Å². The Bertz CT molecular complexity index is 1040. The minimum Gasteiger partial charge on any atom is -0.486 e. The van der Waals surface area contributed by atoms with Crippen LogP contribution in [0.15, 0.2) is 52.9 Å². The summed E-state index contributed by atoms with van der Waals surface area (Å²) in [4.78, 5) is 22.6. The highest BCUT2D eigenvalue weighted by Crippen LogP contribution is 2.24. The zero-order valence-electron chi connectivity index (χ0n) is 15.2. The second-order valence-corrected chi connectivity index (χ2v) is 6.20. The number of halogens is 1. The smallest absolute Gasteiger partial charge is 0.291 e. The Morgan fingerprint density at radius 1 is 1.18 bits per heavy atom. The molecule has 1 heterocycles. The van der Waals surface area contributed by atoms with Crippen LogP contribution in [0.3, 0.4) is 0 Å². The third-order valence-corrected chi connectivity index (χ3v) is 4.00. The summed E-state index contributed by atoms with van der Waals surface area (Å²) in [7, 11) is 0. The van der Waals surface area contributed by atoms with Crippen molar-refractivity contribution in [2.24, 2.45) is 0 Å². The Hall–Kier alpha value is -3.68. The molecule has 3 aromatic rings. The van der Waals surface area contributed by atoms with Crippen LogP contribution in [0, 0.1) is 29.8 Å². The zero-order valence-corrected chi connectivity index (χ0v) is 15.2. The molecule has 28 heavy (non-hydrogen) atoms. The minimum atomic E-state index is -0.582. The molecular weight excluding hydrogens is 367 g/mol. The Morgan fingerprint density at radius 2 is 1.96 bits per heavy atom. The van der Waals surface area contributed by atoms with E-state index in [1.165, 1.54) is 30.3 Å². The average Bonchev–Trinajstić information content (AvgIpc) is 3.12. The van der Waals surface area contributed by atoms with Crippen LogP contribution >= 0.6 is 0 Å². The molecule has 0 bridgehead atoms. The van der Waals surface area contributed by atoms with E-state index in [0.29, 0.717) is 17.1 Å². The predicted octanol–water partition coefficient (Wildman–Crippen LogP) is 4.78. The lowest BCUT2D eigenvalue weighted by atomic mass is 10.2. The molecule has 0 atom stereocenters. The fourth-order valence-corrected chi connectivity index (χ4v) is 2.57. The van der Waals surface area contributed by atoms with Crippen molar-refractivity contribution in [3.05, 3.63) is 87.1 Å². The molecule has 7 nitrogen and oxygen atoms in total. The molecule has 0 aliphatic heterocycles. The summed E-state index contributed by atoms with van der Waals surface area (Å²) in [5.74, 6) is -0.290. The van der Waals surface area contributed by atoms with Gasteiger partial charge in [-0.3, -0.25) is 14.9 Å². The first-order valence-electron chi connectivity index (χ1n) is 8.37. The molecule has 1 N–H and O–H groups in total. The number of furan rings is 1. The van der Waals surface area contributed by atoms with Gasteiger partial charge in [-0.1, -0.05) is 6.07 Å². The molecule has 0 spiro atoms. The number of nitrogens with one attached hydrogen (secondary N) is 1. The van der Waals surface area contributed by atoms with Gasteiger partial charge in [0, 0.05) is 11.6 Å². The van der Waals surface area contributed by atoms with Crippen molar-refractivity contribution in [2.75, 3.05) is 5.32 Å². The molecule has 2 aromatic carbocycles. The van der Waals surface area contributed by atoms with Gasteiger partial charge < -0.3 is 14.5 Å². The number of nitro benzene ring substituents is 1. The lowest BCUT2D eigenvalue weighted by molar-refractivity contribution is -0.385. The summed E-state index contributed by atoms with van der Waals surface area (Å²) >= 11 is 0. The summed E-state index contributed by atoms with van der Waals surface area (Å²) in [5, 5.41) is 13.3. The number of nitrogens with zero attached hydrogens (tertiary/aromatic N) is 1. The number of carbonyl (C=O) groups is 1. The van der Waals surface area contributed by atoms with E-state index in [2.05, 4.69) is 5.32 Å². The Balaban J connectivity index is 1.64. The molecule has 1 amide bonds. The van der Waals surface area contributed by atoms with Crippen LogP contribution in [0.5, 0.6) is 5.75 Å². The lowest BCUT2D eigenvalue weighted by Gasteiger charge is -2.06. The molecule has 0 aliphatic rings. The molecule has 8 heteroatoms. The molecule has 0 fully saturated rings. The van der Waals surface area contributed by atoms with E-state index >= 15 is 0 Å². The van der Waals surface area contributed by atoms with E-state index in [1.807, 2.05) is 0 Å². The minimum absolute atomic E-state index is 0.00712. The number of carbonyl (C=O) groups excluding carboxylic acids is 1. The first kappa shape index (κ1) is 19.1. The lowest BCUT2D eigenvalue weighted by Crippen LogP contribution is -2.12. The molecule has 0 unspecified atom stereocenters. The van der Waals surface area contributed by atoms with E-state index < -0.39 is 16.6 Å². The monoisotopic (exact) mass is 384 g/mol. The highest BCUT2D eigenvalue weighted by Gasteiger charge is 2.15. The first-order chi connectivity index (χ1) is 13.3. The molecule has 0 saturated carbocycles. The van der Waals surface area contributed by atoms with E-state index in [9.17, 15) is 19.3 Å². The highest BCUT2D eigenvalue weighted by atomic mass is 19.1. The number of amides is 1. The Kier molecular flexibility index (Phi) is 5.39. The van der Waals surface area contributed by atoms with Crippen LogP contribution < -0.4 is 10.1 Å². The van der Waals surface area contributed by atoms with Crippen molar-refractivity contribution in [3.8, 4) is 5.75 Å². The van der Waals surface area contributed by atoms with Crippen LogP contribution in [-0.4, -0.2) is 10.8 Å². The molecule has 0 radical (unpaired) electrons. The topological polar surface area (TPSA) is 94.6 Å². The van der Waals surface area contributed by atoms with E-state index in [0.717, 1.165) is 5.56 Å². The second-order valence-electron chi connectivity index (χ2n) is 6.20. The largest absolute Gasteiger partial charge is 0.486 e. The Labute approximate surface area is 159 Å². The van der Waals surface area contributed by atoms with Crippen molar-refractivity contribution in [3.63, 3.8) is 0 Å². The number of aryl methyl sites for hydroxylation is 2. The summed E-state index contributed by atoms with van der Waals surface area (Å²) in [6.07, 6.45) is 0. The van der Waals surface area contributed by atoms with Crippen molar-refractivity contribution in [2.45, 2.75) is 20.5 Å². The predicted molar refractivity (Wildman–Crippen MR) is 100.0 cm³/mol. The summed E-state index contributed by atoms with van der Waals surface area (Å²) < 4.78 is 24.7. The Morgan fingerprint density at radius 3 is 2.68 bits per heavy atom. The molecule has 144 valence electrons. The van der Waals surface area contributed by atoms with Gasteiger partial charge in [-0.25, -0.2) is 4.39 Å².